The largest absolute Gasteiger partial charge is 0.356 e. The van der Waals surface area contributed by atoms with Crippen molar-refractivity contribution in [2.75, 3.05) is 17.6 Å². The maximum atomic E-state index is 13.1. The molecule has 0 aromatic carbocycles. The summed E-state index contributed by atoms with van der Waals surface area (Å²) in [6.45, 7) is 9.44. The number of anilines is 1. The van der Waals surface area contributed by atoms with E-state index in [0.29, 0.717) is 30.1 Å². The Labute approximate surface area is 179 Å². The van der Waals surface area contributed by atoms with Gasteiger partial charge in [-0.25, -0.2) is 24.9 Å². The first-order valence-corrected chi connectivity index (χ1v) is 11.3. The molecule has 3 aromatic rings. The molecule has 0 unspecified atom stereocenters. The summed E-state index contributed by atoms with van der Waals surface area (Å²) in [7, 11) is 0. The molecule has 30 heavy (non-hydrogen) atoms. The molecule has 0 radical (unpaired) electrons. The van der Waals surface area contributed by atoms with E-state index in [1.54, 1.807) is 24.2 Å². The zero-order chi connectivity index (χ0) is 21.3. The van der Waals surface area contributed by atoms with Crippen LogP contribution in [0.1, 0.15) is 33.0 Å². The number of hydrogen-bond acceptors (Lipinski definition) is 8. The van der Waals surface area contributed by atoms with Crippen LogP contribution in [0, 0.1) is 6.92 Å². The first kappa shape index (κ1) is 20.5. The van der Waals surface area contributed by atoms with Crippen LogP contribution < -0.4 is 5.32 Å². The summed E-state index contributed by atoms with van der Waals surface area (Å²) >= 11 is 1.80. The van der Waals surface area contributed by atoms with Crippen molar-refractivity contribution in [1.29, 1.82) is 0 Å². The Balaban J connectivity index is 1.70. The van der Waals surface area contributed by atoms with Gasteiger partial charge in [0.25, 0.3) is 0 Å². The van der Waals surface area contributed by atoms with Crippen LogP contribution in [-0.2, 0) is 11.3 Å². The smallest absolute Gasteiger partial charge is 0.246 e. The molecule has 1 amide bonds. The molecule has 1 aliphatic rings. The van der Waals surface area contributed by atoms with Gasteiger partial charge in [-0.15, -0.1) is 11.8 Å². The van der Waals surface area contributed by atoms with Gasteiger partial charge in [-0.3, -0.25) is 4.79 Å². The van der Waals surface area contributed by atoms with Gasteiger partial charge in [-0.2, -0.15) is 0 Å². The quantitative estimate of drug-likeness (QED) is 0.642. The fourth-order valence-corrected chi connectivity index (χ4v) is 4.69. The van der Waals surface area contributed by atoms with Crippen molar-refractivity contribution in [2.45, 2.75) is 52.1 Å². The predicted molar refractivity (Wildman–Crippen MR) is 118 cm³/mol. The highest BCUT2D eigenvalue weighted by atomic mass is 32.2. The fourth-order valence-electron chi connectivity index (χ4n) is 3.66. The third-order valence-electron chi connectivity index (χ3n) is 5.32. The number of imidazole rings is 1. The minimum Gasteiger partial charge on any atom is -0.356 e. The van der Waals surface area contributed by atoms with E-state index in [4.69, 9.17) is 4.98 Å². The molecule has 3 aromatic heterocycles. The van der Waals surface area contributed by atoms with E-state index in [1.165, 1.54) is 6.33 Å². The van der Waals surface area contributed by atoms with Gasteiger partial charge in [0.1, 0.15) is 24.0 Å². The molecule has 1 N–H and O–H groups in total. The lowest BCUT2D eigenvalue weighted by Crippen LogP contribution is -2.44. The van der Waals surface area contributed by atoms with Crippen molar-refractivity contribution >= 4 is 34.7 Å². The zero-order valence-electron chi connectivity index (χ0n) is 17.7. The average Bonchev–Trinajstić information content (AvgIpc) is 3.35. The Morgan fingerprint density at radius 2 is 2.03 bits per heavy atom. The number of rotatable bonds is 6. The normalized spacial score (nSPS) is 17.5. The summed E-state index contributed by atoms with van der Waals surface area (Å²) in [5.41, 5.74) is 2.18. The maximum absolute atomic E-state index is 13.1. The topological polar surface area (TPSA) is 102 Å². The number of carbonyl (C=O) groups excluding carboxylic acids is 1. The molecule has 4 heterocycles. The average molecular weight is 427 g/mol. The summed E-state index contributed by atoms with van der Waals surface area (Å²) in [5, 5.41) is 3.54. The maximum Gasteiger partial charge on any atom is 0.246 e. The van der Waals surface area contributed by atoms with Crippen molar-refractivity contribution in [3.05, 3.63) is 24.5 Å². The first-order chi connectivity index (χ1) is 14.5. The molecule has 10 heteroatoms. The van der Waals surface area contributed by atoms with E-state index in [0.717, 1.165) is 29.3 Å². The Bertz CT molecular complexity index is 1050. The lowest BCUT2D eigenvalue weighted by molar-refractivity contribution is -0.131. The highest BCUT2D eigenvalue weighted by Gasteiger charge is 2.31. The SMILES string of the molecule is CC[C@@H](Nc1ncnc2c1nc(-c1cnc(C)nc1)n2CC)C(=O)N1CCS[C@@H]1C. The monoisotopic (exact) mass is 426 g/mol. The van der Waals surface area contributed by atoms with Crippen molar-refractivity contribution in [3.63, 3.8) is 0 Å². The van der Waals surface area contributed by atoms with Gasteiger partial charge >= 0.3 is 0 Å². The fraction of sp³-hybridized carbons (Fsp3) is 0.500. The van der Waals surface area contributed by atoms with E-state index in [2.05, 4.69) is 32.2 Å². The number of thioether (sulfide) groups is 1. The number of amides is 1. The summed E-state index contributed by atoms with van der Waals surface area (Å²) in [6, 6.07) is -0.359. The minimum absolute atomic E-state index is 0.101. The van der Waals surface area contributed by atoms with Crippen LogP contribution in [0.2, 0.25) is 0 Å². The molecule has 4 rings (SSSR count). The van der Waals surface area contributed by atoms with Gasteiger partial charge in [0.2, 0.25) is 5.91 Å². The van der Waals surface area contributed by atoms with Gasteiger partial charge < -0.3 is 14.8 Å². The highest BCUT2D eigenvalue weighted by Crippen LogP contribution is 2.28. The second kappa shape index (κ2) is 8.55. The number of fused-ring (bicyclic) bond motifs is 1. The van der Waals surface area contributed by atoms with Crippen LogP contribution in [0.4, 0.5) is 5.82 Å². The van der Waals surface area contributed by atoms with Crippen LogP contribution in [0.25, 0.3) is 22.6 Å². The zero-order valence-corrected chi connectivity index (χ0v) is 18.5. The summed E-state index contributed by atoms with van der Waals surface area (Å²) in [6.07, 6.45) is 5.70. The van der Waals surface area contributed by atoms with Crippen molar-refractivity contribution in [2.24, 2.45) is 0 Å². The van der Waals surface area contributed by atoms with Crippen LogP contribution in [0.3, 0.4) is 0 Å². The molecular weight excluding hydrogens is 400 g/mol. The standard InChI is InChI=1S/C20H26N8OS/c1-5-15(20(29)28-7-8-30-13(28)4)25-17-16-19(24-11-23-17)27(6-2)18(26-16)14-9-21-12(3)22-10-14/h9-11,13,15H,5-8H2,1-4H3,(H,23,24,25)/t13-,15-/m1/s1. The van der Waals surface area contributed by atoms with E-state index >= 15 is 0 Å². The Morgan fingerprint density at radius 3 is 2.67 bits per heavy atom. The van der Waals surface area contributed by atoms with Crippen LogP contribution in [0.5, 0.6) is 0 Å². The summed E-state index contributed by atoms with van der Waals surface area (Å²) < 4.78 is 2.01. The number of aromatic nitrogens is 6. The Kier molecular flexibility index (Phi) is 5.85. The van der Waals surface area contributed by atoms with Crippen molar-refractivity contribution in [3.8, 4) is 11.4 Å². The van der Waals surface area contributed by atoms with Gasteiger partial charge in [0.05, 0.1) is 10.9 Å². The first-order valence-electron chi connectivity index (χ1n) is 10.2. The van der Waals surface area contributed by atoms with E-state index in [9.17, 15) is 4.79 Å². The third kappa shape index (κ3) is 3.71. The van der Waals surface area contributed by atoms with Gasteiger partial charge in [-0.05, 0) is 27.2 Å². The highest BCUT2D eigenvalue weighted by molar-refractivity contribution is 8.00. The molecule has 1 fully saturated rings. The van der Waals surface area contributed by atoms with Crippen LogP contribution >= 0.6 is 11.8 Å². The van der Waals surface area contributed by atoms with Gasteiger partial charge in [-0.1, -0.05) is 6.92 Å². The molecule has 0 aliphatic carbocycles. The molecule has 0 saturated carbocycles. The Morgan fingerprint density at radius 1 is 1.27 bits per heavy atom. The third-order valence-corrected chi connectivity index (χ3v) is 6.47. The summed E-state index contributed by atoms with van der Waals surface area (Å²) in [4.78, 5) is 37.3. The van der Waals surface area contributed by atoms with Crippen LogP contribution in [-0.4, -0.2) is 64.0 Å². The molecule has 1 aliphatic heterocycles. The summed E-state index contributed by atoms with van der Waals surface area (Å²) in [5.74, 6) is 3.09. The minimum atomic E-state index is -0.359. The number of nitrogens with zero attached hydrogens (tertiary/aromatic N) is 7. The van der Waals surface area contributed by atoms with E-state index < -0.39 is 0 Å². The lowest BCUT2D eigenvalue weighted by atomic mass is 10.2. The second-order valence-corrected chi connectivity index (χ2v) is 8.62. The number of carbonyl (C=O) groups is 1. The Hall–Kier alpha value is -2.75. The molecule has 2 atom stereocenters. The molecular formula is C20H26N8OS. The molecule has 158 valence electrons. The van der Waals surface area contributed by atoms with E-state index in [1.807, 2.05) is 30.2 Å². The molecule has 1 saturated heterocycles. The van der Waals surface area contributed by atoms with E-state index in [-0.39, 0.29) is 17.3 Å². The second-order valence-electron chi connectivity index (χ2n) is 7.20. The van der Waals surface area contributed by atoms with Crippen molar-refractivity contribution in [1.82, 2.24) is 34.4 Å². The van der Waals surface area contributed by atoms with Gasteiger partial charge in [0.15, 0.2) is 17.0 Å². The number of aryl methyl sites for hydroxylation is 2. The van der Waals surface area contributed by atoms with Crippen LogP contribution in [0.15, 0.2) is 18.7 Å². The molecule has 9 nitrogen and oxygen atoms in total. The predicted octanol–water partition coefficient (Wildman–Crippen LogP) is 2.72. The molecule has 0 bridgehead atoms. The number of nitrogens with one attached hydrogen (secondary N) is 1. The number of hydrogen-bond donors (Lipinski definition) is 1. The van der Waals surface area contributed by atoms with Gasteiger partial charge in [0, 0.05) is 31.2 Å². The van der Waals surface area contributed by atoms with Crippen molar-refractivity contribution < 1.29 is 4.79 Å². The lowest BCUT2D eigenvalue weighted by Gasteiger charge is -2.26. The molecule has 0 spiro atoms.